The van der Waals surface area contributed by atoms with Gasteiger partial charge in [-0.15, -0.1) is 0 Å². The Morgan fingerprint density at radius 1 is 1.21 bits per heavy atom. The molecule has 0 radical (unpaired) electrons. The predicted molar refractivity (Wildman–Crippen MR) is 112 cm³/mol. The second kappa shape index (κ2) is 10.9. The second-order valence-corrected chi connectivity index (χ2v) is 7.32. The van der Waals surface area contributed by atoms with Crippen molar-refractivity contribution in [2.75, 3.05) is 32.8 Å². The van der Waals surface area contributed by atoms with Crippen molar-refractivity contribution in [1.82, 2.24) is 10.2 Å². The van der Waals surface area contributed by atoms with Crippen LogP contribution in [0, 0.1) is 17.6 Å². The third kappa shape index (κ3) is 6.53. The van der Waals surface area contributed by atoms with Crippen molar-refractivity contribution in [3.63, 3.8) is 0 Å². The van der Waals surface area contributed by atoms with Gasteiger partial charge in [-0.2, -0.15) is 0 Å². The molecule has 1 unspecified atom stereocenters. The van der Waals surface area contributed by atoms with Crippen LogP contribution in [0.15, 0.2) is 53.5 Å². The molecule has 1 fully saturated rings. The van der Waals surface area contributed by atoms with Crippen molar-refractivity contribution in [3.05, 3.63) is 71.3 Å². The number of halogens is 2. The molecule has 156 valence electrons. The van der Waals surface area contributed by atoms with E-state index in [1.807, 2.05) is 25.1 Å². The first-order chi connectivity index (χ1) is 14.2. The molecule has 1 atom stereocenters. The van der Waals surface area contributed by atoms with Gasteiger partial charge in [0.15, 0.2) is 5.96 Å². The molecule has 1 N–H and O–H groups in total. The maximum Gasteiger partial charge on any atom is 0.193 e. The highest BCUT2D eigenvalue weighted by molar-refractivity contribution is 5.80. The summed E-state index contributed by atoms with van der Waals surface area (Å²) in [5, 5.41) is 3.32. The lowest BCUT2D eigenvalue weighted by Gasteiger charge is -2.21. The number of hydrogen-bond donors (Lipinski definition) is 1. The summed E-state index contributed by atoms with van der Waals surface area (Å²) in [4.78, 5) is 6.88. The number of likely N-dealkylation sites (tertiary alicyclic amines) is 1. The Morgan fingerprint density at radius 3 is 2.79 bits per heavy atom. The molecule has 0 bridgehead atoms. The van der Waals surface area contributed by atoms with Gasteiger partial charge in [0, 0.05) is 38.2 Å². The first-order valence-corrected chi connectivity index (χ1v) is 10.2. The van der Waals surface area contributed by atoms with E-state index < -0.39 is 11.6 Å². The number of hydrogen-bond acceptors (Lipinski definition) is 2. The molecule has 1 heterocycles. The first kappa shape index (κ1) is 21.2. The molecular weight excluding hydrogens is 372 g/mol. The molecule has 0 saturated carbocycles. The van der Waals surface area contributed by atoms with E-state index in [1.165, 1.54) is 17.7 Å². The van der Waals surface area contributed by atoms with Crippen LogP contribution in [-0.2, 0) is 17.8 Å². The fourth-order valence-electron chi connectivity index (χ4n) is 3.51. The van der Waals surface area contributed by atoms with E-state index in [0.29, 0.717) is 31.1 Å². The lowest BCUT2D eigenvalue weighted by Crippen LogP contribution is -2.40. The standard InChI is InChI=1S/C23H29F2N3O/c1-2-26-23(27-12-10-20-8-9-21(24)14-22(20)25)28-13-11-19(15-28)17-29-16-18-6-4-3-5-7-18/h3-9,14,19H,2,10-13,15-17H2,1H3,(H,26,27). The lowest BCUT2D eigenvalue weighted by atomic mass is 10.1. The zero-order valence-corrected chi connectivity index (χ0v) is 16.9. The third-order valence-corrected chi connectivity index (χ3v) is 5.04. The van der Waals surface area contributed by atoms with E-state index in [9.17, 15) is 8.78 Å². The van der Waals surface area contributed by atoms with Crippen LogP contribution in [0.4, 0.5) is 8.78 Å². The number of aliphatic imine (C=N–C) groups is 1. The number of benzene rings is 2. The van der Waals surface area contributed by atoms with Crippen molar-refractivity contribution in [3.8, 4) is 0 Å². The minimum atomic E-state index is -0.555. The number of rotatable bonds is 8. The van der Waals surface area contributed by atoms with Crippen LogP contribution in [0.25, 0.3) is 0 Å². The first-order valence-electron chi connectivity index (χ1n) is 10.2. The van der Waals surface area contributed by atoms with Gasteiger partial charge >= 0.3 is 0 Å². The molecule has 0 spiro atoms. The smallest absolute Gasteiger partial charge is 0.193 e. The molecule has 2 aromatic carbocycles. The summed E-state index contributed by atoms with van der Waals surface area (Å²) in [5.41, 5.74) is 1.67. The summed E-state index contributed by atoms with van der Waals surface area (Å²) in [6, 6.07) is 13.9. The highest BCUT2D eigenvalue weighted by Crippen LogP contribution is 2.18. The van der Waals surface area contributed by atoms with Gasteiger partial charge in [-0.05, 0) is 37.0 Å². The summed E-state index contributed by atoms with van der Waals surface area (Å²) >= 11 is 0. The molecule has 1 aliphatic rings. The van der Waals surface area contributed by atoms with E-state index in [0.717, 1.165) is 44.7 Å². The highest BCUT2D eigenvalue weighted by atomic mass is 19.1. The average Bonchev–Trinajstić information content (AvgIpc) is 3.18. The second-order valence-electron chi connectivity index (χ2n) is 7.32. The minimum Gasteiger partial charge on any atom is -0.376 e. The van der Waals surface area contributed by atoms with Crippen LogP contribution in [0.3, 0.4) is 0 Å². The molecule has 2 aromatic rings. The molecule has 4 nitrogen and oxygen atoms in total. The lowest BCUT2D eigenvalue weighted by molar-refractivity contribution is 0.0907. The molecule has 3 rings (SSSR count). The number of nitrogens with one attached hydrogen (secondary N) is 1. The third-order valence-electron chi connectivity index (χ3n) is 5.04. The van der Waals surface area contributed by atoms with Crippen LogP contribution in [-0.4, -0.2) is 43.6 Å². The maximum absolute atomic E-state index is 13.8. The van der Waals surface area contributed by atoms with Crippen molar-refractivity contribution in [2.45, 2.75) is 26.4 Å². The minimum absolute atomic E-state index is 0.443. The molecule has 1 aliphatic heterocycles. The Kier molecular flexibility index (Phi) is 7.99. The van der Waals surface area contributed by atoms with E-state index in [2.05, 4.69) is 27.3 Å². The molecule has 6 heteroatoms. The number of nitrogens with zero attached hydrogens (tertiary/aromatic N) is 2. The number of guanidine groups is 1. The predicted octanol–water partition coefficient (Wildman–Crippen LogP) is 4.01. The van der Waals surface area contributed by atoms with Gasteiger partial charge in [-0.1, -0.05) is 36.4 Å². The highest BCUT2D eigenvalue weighted by Gasteiger charge is 2.25. The van der Waals surface area contributed by atoms with Crippen LogP contribution >= 0.6 is 0 Å². The average molecular weight is 402 g/mol. The van der Waals surface area contributed by atoms with Crippen LogP contribution < -0.4 is 5.32 Å². The Hall–Kier alpha value is -2.47. The number of ether oxygens (including phenoxy) is 1. The molecule has 1 saturated heterocycles. The van der Waals surface area contributed by atoms with Crippen LogP contribution in [0.1, 0.15) is 24.5 Å². The zero-order chi connectivity index (χ0) is 20.5. The van der Waals surface area contributed by atoms with Gasteiger partial charge in [0.1, 0.15) is 11.6 Å². The molecule has 0 aromatic heterocycles. The monoisotopic (exact) mass is 401 g/mol. The molecule has 0 amide bonds. The Balaban J connectivity index is 1.47. The van der Waals surface area contributed by atoms with E-state index in [-0.39, 0.29) is 0 Å². The van der Waals surface area contributed by atoms with Gasteiger partial charge in [-0.3, -0.25) is 4.99 Å². The Morgan fingerprint density at radius 2 is 2.03 bits per heavy atom. The summed E-state index contributed by atoms with van der Waals surface area (Å²) < 4.78 is 32.7. The summed E-state index contributed by atoms with van der Waals surface area (Å²) in [5.74, 6) is 0.250. The topological polar surface area (TPSA) is 36.9 Å². The van der Waals surface area contributed by atoms with Gasteiger partial charge < -0.3 is 15.0 Å². The van der Waals surface area contributed by atoms with Crippen molar-refractivity contribution in [2.24, 2.45) is 10.9 Å². The SMILES string of the molecule is CCNC(=NCCc1ccc(F)cc1F)N1CCC(COCc2ccccc2)C1. The summed E-state index contributed by atoms with van der Waals surface area (Å²) in [6.45, 7) is 6.44. The molecular formula is C23H29F2N3O. The van der Waals surface area contributed by atoms with Gasteiger partial charge in [0.2, 0.25) is 0 Å². The fraction of sp³-hybridized carbons (Fsp3) is 0.435. The van der Waals surface area contributed by atoms with Gasteiger partial charge in [-0.25, -0.2) is 8.78 Å². The maximum atomic E-state index is 13.8. The fourth-order valence-corrected chi connectivity index (χ4v) is 3.51. The van der Waals surface area contributed by atoms with E-state index in [4.69, 9.17) is 4.74 Å². The van der Waals surface area contributed by atoms with Crippen molar-refractivity contribution < 1.29 is 13.5 Å². The zero-order valence-electron chi connectivity index (χ0n) is 16.9. The van der Waals surface area contributed by atoms with Crippen LogP contribution in [0.2, 0.25) is 0 Å². The van der Waals surface area contributed by atoms with Crippen LogP contribution in [0.5, 0.6) is 0 Å². The van der Waals surface area contributed by atoms with Gasteiger partial charge in [0.05, 0.1) is 13.2 Å². The van der Waals surface area contributed by atoms with Crippen molar-refractivity contribution in [1.29, 1.82) is 0 Å². The molecule has 0 aliphatic carbocycles. The molecule has 29 heavy (non-hydrogen) atoms. The van der Waals surface area contributed by atoms with E-state index >= 15 is 0 Å². The van der Waals surface area contributed by atoms with Gasteiger partial charge in [0.25, 0.3) is 0 Å². The Labute approximate surface area is 171 Å². The normalized spacial score (nSPS) is 17.0. The largest absolute Gasteiger partial charge is 0.376 e. The summed E-state index contributed by atoms with van der Waals surface area (Å²) in [6.07, 6.45) is 1.50. The van der Waals surface area contributed by atoms with E-state index in [1.54, 1.807) is 0 Å². The Bertz CT molecular complexity index is 798. The summed E-state index contributed by atoms with van der Waals surface area (Å²) in [7, 11) is 0. The quantitative estimate of drug-likeness (QED) is 0.536. The van der Waals surface area contributed by atoms with Crippen molar-refractivity contribution >= 4 is 5.96 Å².